The van der Waals surface area contributed by atoms with Crippen molar-refractivity contribution in [2.75, 3.05) is 16.8 Å². The molecule has 1 aliphatic heterocycles. The van der Waals surface area contributed by atoms with Crippen molar-refractivity contribution in [2.24, 2.45) is 5.92 Å². The van der Waals surface area contributed by atoms with Crippen molar-refractivity contribution in [1.29, 1.82) is 0 Å². The number of amides is 2. The fraction of sp³-hybridized carbons (Fsp3) is 0.375. The quantitative estimate of drug-likeness (QED) is 0.763. The number of esters is 1. The van der Waals surface area contributed by atoms with E-state index >= 15 is 0 Å². The molecule has 0 aromatic heterocycles. The summed E-state index contributed by atoms with van der Waals surface area (Å²) in [6, 6.07) is 11.5. The van der Waals surface area contributed by atoms with Crippen LogP contribution < -0.4 is 10.2 Å². The Bertz CT molecular complexity index is 999. The number of carbonyl (C=O) groups excluding carboxylic acids is 3. The Morgan fingerprint density at radius 2 is 1.83 bits per heavy atom. The van der Waals surface area contributed by atoms with Gasteiger partial charge in [-0.3, -0.25) is 14.4 Å². The molecule has 1 aliphatic rings. The van der Waals surface area contributed by atoms with Gasteiger partial charge in [0.15, 0.2) is 6.10 Å². The van der Waals surface area contributed by atoms with Gasteiger partial charge in [-0.25, -0.2) is 0 Å². The van der Waals surface area contributed by atoms with E-state index in [-0.39, 0.29) is 18.9 Å². The predicted molar refractivity (Wildman–Crippen MR) is 116 cm³/mol. The molecule has 1 N–H and O–H groups in total. The SMILES string of the molecule is Cc1ccc(NC(=O)[C@@H](C)OC(=O)[C@H]2CC(=O)N(c3cccc(C)c3C)C2)c(C)c1. The van der Waals surface area contributed by atoms with Gasteiger partial charge in [0.05, 0.1) is 5.92 Å². The molecular formula is C24H28N2O4. The van der Waals surface area contributed by atoms with E-state index in [0.29, 0.717) is 5.69 Å². The molecule has 6 nitrogen and oxygen atoms in total. The van der Waals surface area contributed by atoms with Gasteiger partial charge in [0.2, 0.25) is 5.91 Å². The van der Waals surface area contributed by atoms with E-state index in [1.54, 1.807) is 4.90 Å². The fourth-order valence-corrected chi connectivity index (χ4v) is 3.64. The topological polar surface area (TPSA) is 75.7 Å². The van der Waals surface area contributed by atoms with Gasteiger partial charge < -0.3 is 15.0 Å². The highest BCUT2D eigenvalue weighted by atomic mass is 16.5. The number of ether oxygens (including phenoxy) is 1. The van der Waals surface area contributed by atoms with Crippen LogP contribution in [0.3, 0.4) is 0 Å². The van der Waals surface area contributed by atoms with Crippen molar-refractivity contribution in [3.05, 3.63) is 58.7 Å². The number of aryl methyl sites for hydroxylation is 3. The molecular weight excluding hydrogens is 380 g/mol. The molecule has 0 saturated carbocycles. The maximum atomic E-state index is 12.6. The molecule has 0 aliphatic carbocycles. The summed E-state index contributed by atoms with van der Waals surface area (Å²) in [5.41, 5.74) is 5.64. The van der Waals surface area contributed by atoms with Crippen LogP contribution in [0, 0.1) is 33.6 Å². The monoisotopic (exact) mass is 408 g/mol. The zero-order valence-electron chi connectivity index (χ0n) is 18.1. The minimum absolute atomic E-state index is 0.0810. The maximum Gasteiger partial charge on any atom is 0.312 e. The zero-order chi connectivity index (χ0) is 22.0. The Labute approximate surface area is 177 Å². The number of rotatable bonds is 5. The van der Waals surface area contributed by atoms with Crippen LogP contribution in [-0.4, -0.2) is 30.4 Å². The summed E-state index contributed by atoms with van der Waals surface area (Å²) in [5, 5.41) is 2.80. The first-order valence-electron chi connectivity index (χ1n) is 10.1. The molecule has 0 spiro atoms. The van der Waals surface area contributed by atoms with Crippen LogP contribution in [0.25, 0.3) is 0 Å². The Balaban J connectivity index is 1.62. The Kier molecular flexibility index (Phi) is 6.25. The number of nitrogens with one attached hydrogen (secondary N) is 1. The summed E-state index contributed by atoms with van der Waals surface area (Å²) in [4.78, 5) is 39.2. The molecule has 0 unspecified atom stereocenters. The second-order valence-electron chi connectivity index (χ2n) is 8.01. The number of carbonyl (C=O) groups is 3. The first-order chi connectivity index (χ1) is 14.2. The van der Waals surface area contributed by atoms with Crippen molar-refractivity contribution in [2.45, 2.75) is 47.1 Å². The number of nitrogens with zero attached hydrogens (tertiary/aromatic N) is 1. The Morgan fingerprint density at radius 1 is 1.10 bits per heavy atom. The standard InChI is InChI=1S/C24H28N2O4/c1-14-9-10-20(16(3)11-14)25-23(28)18(5)30-24(29)19-12-22(27)26(13-19)21-8-6-7-15(2)17(21)4/h6-11,18-19H,12-13H2,1-5H3,(H,25,28)/t18-,19+/m1/s1. The number of anilines is 2. The molecule has 2 amide bonds. The molecule has 1 fully saturated rings. The number of benzene rings is 2. The Hall–Kier alpha value is -3.15. The molecule has 158 valence electrons. The average Bonchev–Trinajstić information content (AvgIpc) is 3.07. The zero-order valence-corrected chi connectivity index (χ0v) is 18.1. The van der Waals surface area contributed by atoms with Crippen LogP contribution in [-0.2, 0) is 19.1 Å². The van der Waals surface area contributed by atoms with Crippen LogP contribution in [0.1, 0.15) is 35.6 Å². The number of hydrogen-bond acceptors (Lipinski definition) is 4. The molecule has 0 radical (unpaired) electrons. The molecule has 1 heterocycles. The van der Waals surface area contributed by atoms with E-state index in [9.17, 15) is 14.4 Å². The van der Waals surface area contributed by atoms with Gasteiger partial charge in [-0.1, -0.05) is 29.8 Å². The highest BCUT2D eigenvalue weighted by Crippen LogP contribution is 2.30. The predicted octanol–water partition coefficient (Wildman–Crippen LogP) is 3.84. The third-order valence-corrected chi connectivity index (χ3v) is 5.63. The van der Waals surface area contributed by atoms with Crippen LogP contribution >= 0.6 is 0 Å². The van der Waals surface area contributed by atoms with Crippen molar-refractivity contribution >= 4 is 29.2 Å². The minimum Gasteiger partial charge on any atom is -0.452 e. The average molecular weight is 408 g/mol. The van der Waals surface area contributed by atoms with E-state index in [1.165, 1.54) is 6.92 Å². The highest BCUT2D eigenvalue weighted by molar-refractivity contribution is 6.01. The van der Waals surface area contributed by atoms with Crippen LogP contribution in [0.4, 0.5) is 11.4 Å². The molecule has 30 heavy (non-hydrogen) atoms. The lowest BCUT2D eigenvalue weighted by molar-refractivity contribution is -0.157. The van der Waals surface area contributed by atoms with Crippen molar-refractivity contribution in [3.8, 4) is 0 Å². The lowest BCUT2D eigenvalue weighted by atomic mass is 10.1. The molecule has 1 saturated heterocycles. The summed E-state index contributed by atoms with van der Waals surface area (Å²) in [5.74, 6) is -1.63. The molecule has 0 bridgehead atoms. The molecule has 2 aromatic carbocycles. The number of hydrogen-bond donors (Lipinski definition) is 1. The van der Waals surface area contributed by atoms with Crippen molar-refractivity contribution in [3.63, 3.8) is 0 Å². The fourth-order valence-electron chi connectivity index (χ4n) is 3.64. The van der Waals surface area contributed by atoms with E-state index in [2.05, 4.69) is 5.32 Å². The van der Waals surface area contributed by atoms with Gasteiger partial charge in [0, 0.05) is 24.3 Å². The van der Waals surface area contributed by atoms with Crippen LogP contribution in [0.2, 0.25) is 0 Å². The minimum atomic E-state index is -0.955. The first kappa shape index (κ1) is 21.6. The summed E-state index contributed by atoms with van der Waals surface area (Å²) in [6.07, 6.45) is -0.875. The summed E-state index contributed by atoms with van der Waals surface area (Å²) in [6.45, 7) is 9.63. The molecule has 6 heteroatoms. The van der Waals surface area contributed by atoms with Crippen LogP contribution in [0.5, 0.6) is 0 Å². The van der Waals surface area contributed by atoms with Gasteiger partial charge in [-0.2, -0.15) is 0 Å². The van der Waals surface area contributed by atoms with Gasteiger partial charge >= 0.3 is 5.97 Å². The lowest BCUT2D eigenvalue weighted by Gasteiger charge is -2.20. The van der Waals surface area contributed by atoms with Gasteiger partial charge in [-0.15, -0.1) is 0 Å². The van der Waals surface area contributed by atoms with Crippen LogP contribution in [0.15, 0.2) is 36.4 Å². The normalized spacial score (nSPS) is 17.0. The third-order valence-electron chi connectivity index (χ3n) is 5.63. The maximum absolute atomic E-state index is 12.6. The van der Waals surface area contributed by atoms with Gasteiger partial charge in [-0.05, 0) is 63.4 Å². The Morgan fingerprint density at radius 3 is 2.53 bits per heavy atom. The van der Waals surface area contributed by atoms with Gasteiger partial charge in [0.25, 0.3) is 5.91 Å². The van der Waals surface area contributed by atoms with Crippen molar-refractivity contribution < 1.29 is 19.1 Å². The first-order valence-corrected chi connectivity index (χ1v) is 10.1. The summed E-state index contributed by atoms with van der Waals surface area (Å²) in [7, 11) is 0. The van der Waals surface area contributed by atoms with E-state index in [1.807, 2.05) is 64.1 Å². The molecule has 2 atom stereocenters. The second kappa shape index (κ2) is 8.69. The van der Waals surface area contributed by atoms with Crippen molar-refractivity contribution in [1.82, 2.24) is 0 Å². The van der Waals surface area contributed by atoms with Gasteiger partial charge in [0.1, 0.15) is 0 Å². The van der Waals surface area contributed by atoms with E-state index < -0.39 is 23.9 Å². The summed E-state index contributed by atoms with van der Waals surface area (Å²) < 4.78 is 5.39. The largest absolute Gasteiger partial charge is 0.452 e. The molecule has 2 aromatic rings. The molecule has 3 rings (SSSR count). The van der Waals surface area contributed by atoms with E-state index in [4.69, 9.17) is 4.74 Å². The summed E-state index contributed by atoms with van der Waals surface area (Å²) >= 11 is 0. The smallest absolute Gasteiger partial charge is 0.312 e. The van der Waals surface area contributed by atoms with E-state index in [0.717, 1.165) is 27.9 Å². The third kappa shape index (κ3) is 4.53. The second-order valence-corrected chi connectivity index (χ2v) is 8.01. The lowest BCUT2D eigenvalue weighted by Crippen LogP contribution is -2.33. The highest BCUT2D eigenvalue weighted by Gasteiger charge is 2.37.